The third-order valence-corrected chi connectivity index (χ3v) is 3.97. The monoisotopic (exact) mass is 359 g/mol. The molecular weight excluding hydrogens is 341 g/mol. The van der Waals surface area contributed by atoms with Crippen LogP contribution >= 0.6 is 0 Å². The Bertz CT molecular complexity index is 828. The molecule has 1 aromatic carbocycles. The summed E-state index contributed by atoms with van der Waals surface area (Å²) in [6.07, 6.45) is 2.70. The van der Waals surface area contributed by atoms with Crippen LogP contribution in [0.5, 0.6) is 11.6 Å². The number of fused-ring (bicyclic) bond motifs is 1. The highest BCUT2D eigenvalue weighted by atomic mass is 19.1. The third kappa shape index (κ3) is 3.90. The third-order valence-electron chi connectivity index (χ3n) is 3.97. The Hall–Kier alpha value is -3.16. The van der Waals surface area contributed by atoms with Crippen molar-refractivity contribution in [3.63, 3.8) is 0 Å². The van der Waals surface area contributed by atoms with Crippen molar-refractivity contribution in [3.8, 4) is 11.6 Å². The highest BCUT2D eigenvalue weighted by molar-refractivity contribution is 6.39. The van der Waals surface area contributed by atoms with Crippen molar-refractivity contribution < 1.29 is 23.5 Å². The molecule has 26 heavy (non-hydrogen) atoms. The van der Waals surface area contributed by atoms with E-state index in [1.54, 1.807) is 12.1 Å². The van der Waals surface area contributed by atoms with Gasteiger partial charge < -0.3 is 20.1 Å². The van der Waals surface area contributed by atoms with Crippen LogP contribution < -0.4 is 20.1 Å². The van der Waals surface area contributed by atoms with Crippen LogP contribution in [0.15, 0.2) is 36.5 Å². The Morgan fingerprint density at radius 3 is 2.96 bits per heavy atom. The first kappa shape index (κ1) is 17.7. The van der Waals surface area contributed by atoms with Gasteiger partial charge in [0.2, 0.25) is 5.88 Å². The number of hydrogen-bond acceptors (Lipinski definition) is 5. The average Bonchev–Trinajstić information content (AvgIpc) is 2.84. The molecule has 2 heterocycles. The fraction of sp³-hybridized carbons (Fsp3) is 0.278. The van der Waals surface area contributed by atoms with E-state index in [9.17, 15) is 14.0 Å². The lowest BCUT2D eigenvalue weighted by molar-refractivity contribution is -0.136. The first-order valence-electron chi connectivity index (χ1n) is 8.11. The van der Waals surface area contributed by atoms with Crippen molar-refractivity contribution in [2.75, 3.05) is 19.0 Å². The van der Waals surface area contributed by atoms with Crippen LogP contribution in [0.1, 0.15) is 24.4 Å². The van der Waals surface area contributed by atoms with E-state index >= 15 is 0 Å². The largest absolute Gasteiger partial charge is 0.493 e. The van der Waals surface area contributed by atoms with Crippen molar-refractivity contribution in [2.45, 2.75) is 18.9 Å². The Balaban J connectivity index is 1.73. The molecule has 136 valence electrons. The highest BCUT2D eigenvalue weighted by Gasteiger charge is 2.25. The van der Waals surface area contributed by atoms with E-state index in [2.05, 4.69) is 15.6 Å². The van der Waals surface area contributed by atoms with Crippen molar-refractivity contribution in [2.24, 2.45) is 0 Å². The minimum atomic E-state index is -0.862. The summed E-state index contributed by atoms with van der Waals surface area (Å²) in [4.78, 5) is 28.5. The molecule has 2 N–H and O–H groups in total. The molecule has 0 aliphatic carbocycles. The minimum Gasteiger partial charge on any atom is -0.493 e. The lowest BCUT2D eigenvalue weighted by atomic mass is 10.0. The van der Waals surface area contributed by atoms with Crippen molar-refractivity contribution in [1.82, 2.24) is 10.3 Å². The van der Waals surface area contributed by atoms with Crippen LogP contribution in [0.3, 0.4) is 0 Å². The molecule has 0 fully saturated rings. The standard InChI is InChI=1S/C18H18FN3O4/c1-25-18-14(4-2-8-20-18)22-17(24)16(23)21-13-5-3-9-26-15-7-6-11(19)10-12(13)15/h2,4,6-8,10,13H,3,5,9H2,1H3,(H,21,23)(H,22,24)/t13-/m1/s1. The number of ether oxygens (including phenoxy) is 2. The molecule has 2 amide bonds. The summed E-state index contributed by atoms with van der Waals surface area (Å²) < 4.78 is 24.2. The van der Waals surface area contributed by atoms with Gasteiger partial charge in [-0.05, 0) is 43.2 Å². The van der Waals surface area contributed by atoms with E-state index in [4.69, 9.17) is 9.47 Å². The zero-order chi connectivity index (χ0) is 18.5. The Morgan fingerprint density at radius 1 is 1.31 bits per heavy atom. The van der Waals surface area contributed by atoms with Crippen LogP contribution in [-0.2, 0) is 9.59 Å². The number of amides is 2. The second-order valence-corrected chi connectivity index (χ2v) is 5.71. The number of rotatable bonds is 3. The molecule has 3 rings (SSSR count). The number of halogens is 1. The highest BCUT2D eigenvalue weighted by Crippen LogP contribution is 2.32. The summed E-state index contributed by atoms with van der Waals surface area (Å²) in [5, 5.41) is 5.10. The fourth-order valence-corrected chi connectivity index (χ4v) is 2.75. The van der Waals surface area contributed by atoms with Gasteiger partial charge in [-0.1, -0.05) is 0 Å². The minimum absolute atomic E-state index is 0.198. The van der Waals surface area contributed by atoms with Gasteiger partial charge >= 0.3 is 11.8 Å². The topological polar surface area (TPSA) is 89.5 Å². The number of anilines is 1. The SMILES string of the molecule is COc1ncccc1NC(=O)C(=O)N[C@@H]1CCCOc2ccc(F)cc21. The average molecular weight is 359 g/mol. The molecule has 7 nitrogen and oxygen atoms in total. The van der Waals surface area contributed by atoms with E-state index < -0.39 is 23.7 Å². The fourth-order valence-electron chi connectivity index (χ4n) is 2.75. The van der Waals surface area contributed by atoms with Gasteiger partial charge in [-0.3, -0.25) is 9.59 Å². The van der Waals surface area contributed by atoms with Crippen molar-refractivity contribution in [1.29, 1.82) is 0 Å². The number of pyridine rings is 1. The number of benzene rings is 1. The lowest BCUT2D eigenvalue weighted by Gasteiger charge is -2.18. The zero-order valence-corrected chi connectivity index (χ0v) is 14.1. The second-order valence-electron chi connectivity index (χ2n) is 5.71. The van der Waals surface area contributed by atoms with Crippen LogP contribution in [0.25, 0.3) is 0 Å². The van der Waals surface area contributed by atoms with E-state index in [1.165, 1.54) is 31.5 Å². The van der Waals surface area contributed by atoms with Crippen LogP contribution in [0.4, 0.5) is 10.1 Å². The maximum absolute atomic E-state index is 13.6. The van der Waals surface area contributed by atoms with Gasteiger partial charge in [0.25, 0.3) is 0 Å². The van der Waals surface area contributed by atoms with Crippen LogP contribution in [0, 0.1) is 5.82 Å². The lowest BCUT2D eigenvalue weighted by Crippen LogP contribution is -2.37. The zero-order valence-electron chi connectivity index (χ0n) is 14.1. The predicted molar refractivity (Wildman–Crippen MR) is 91.4 cm³/mol. The molecule has 0 unspecified atom stereocenters. The molecule has 1 aliphatic rings. The summed E-state index contributed by atoms with van der Waals surface area (Å²) in [6, 6.07) is 6.80. The second kappa shape index (κ2) is 7.81. The normalized spacial score (nSPS) is 15.8. The number of methoxy groups -OCH3 is 1. The van der Waals surface area contributed by atoms with Crippen molar-refractivity contribution >= 4 is 17.5 Å². The number of aromatic nitrogens is 1. The van der Waals surface area contributed by atoms with Gasteiger partial charge in [-0.25, -0.2) is 9.37 Å². The number of carbonyl (C=O) groups is 2. The Morgan fingerprint density at radius 2 is 2.15 bits per heavy atom. The number of nitrogens with one attached hydrogen (secondary N) is 2. The Kier molecular flexibility index (Phi) is 5.31. The molecule has 2 aromatic rings. The summed E-state index contributed by atoms with van der Waals surface area (Å²) in [5.74, 6) is -1.43. The summed E-state index contributed by atoms with van der Waals surface area (Å²) >= 11 is 0. The van der Waals surface area contributed by atoms with Gasteiger partial charge in [-0.15, -0.1) is 0 Å². The quantitative estimate of drug-likeness (QED) is 0.820. The first-order chi connectivity index (χ1) is 12.6. The molecular formula is C18H18FN3O4. The first-order valence-corrected chi connectivity index (χ1v) is 8.11. The maximum Gasteiger partial charge on any atom is 0.313 e. The molecule has 0 saturated carbocycles. The van der Waals surface area contributed by atoms with E-state index in [-0.39, 0.29) is 11.6 Å². The summed E-state index contributed by atoms with van der Waals surface area (Å²) in [6.45, 7) is 0.462. The molecule has 0 radical (unpaired) electrons. The van der Waals surface area contributed by atoms with Crippen molar-refractivity contribution in [3.05, 3.63) is 47.9 Å². The molecule has 8 heteroatoms. The number of hydrogen-bond donors (Lipinski definition) is 2. The van der Waals surface area contributed by atoms with Gasteiger partial charge in [0.15, 0.2) is 0 Å². The number of carbonyl (C=O) groups excluding carboxylic acids is 2. The van der Waals surface area contributed by atoms with E-state index in [0.29, 0.717) is 30.8 Å². The summed E-state index contributed by atoms with van der Waals surface area (Å²) in [7, 11) is 1.41. The smallest absolute Gasteiger partial charge is 0.313 e. The summed E-state index contributed by atoms with van der Waals surface area (Å²) in [5.41, 5.74) is 0.799. The van der Waals surface area contributed by atoms with E-state index in [1.807, 2.05) is 0 Å². The van der Waals surface area contributed by atoms with Gasteiger partial charge in [0.1, 0.15) is 17.3 Å². The number of nitrogens with zero attached hydrogens (tertiary/aromatic N) is 1. The van der Waals surface area contributed by atoms with Gasteiger partial charge in [-0.2, -0.15) is 0 Å². The molecule has 0 spiro atoms. The van der Waals surface area contributed by atoms with Crippen LogP contribution in [0.2, 0.25) is 0 Å². The van der Waals surface area contributed by atoms with Gasteiger partial charge in [0.05, 0.1) is 19.8 Å². The van der Waals surface area contributed by atoms with E-state index in [0.717, 1.165) is 0 Å². The molecule has 1 atom stereocenters. The van der Waals surface area contributed by atoms with Crippen LogP contribution in [-0.4, -0.2) is 30.5 Å². The molecule has 0 bridgehead atoms. The molecule has 1 aromatic heterocycles. The Labute approximate surface area is 149 Å². The maximum atomic E-state index is 13.6. The van der Waals surface area contributed by atoms with Gasteiger partial charge in [0, 0.05) is 11.8 Å². The predicted octanol–water partition coefficient (Wildman–Crippen LogP) is 2.20. The molecule has 1 aliphatic heterocycles. The molecule has 0 saturated heterocycles.